The predicted molar refractivity (Wildman–Crippen MR) is 92.1 cm³/mol. The van der Waals surface area contributed by atoms with E-state index < -0.39 is 0 Å². The van der Waals surface area contributed by atoms with Gasteiger partial charge in [-0.2, -0.15) is 0 Å². The van der Waals surface area contributed by atoms with Gasteiger partial charge in [0.05, 0.1) is 6.33 Å². The zero-order valence-corrected chi connectivity index (χ0v) is 14.5. The number of amides is 1. The molecule has 0 spiro atoms. The van der Waals surface area contributed by atoms with Gasteiger partial charge in [-0.25, -0.2) is 4.98 Å². The summed E-state index contributed by atoms with van der Waals surface area (Å²) in [4.78, 5) is 21.9. The highest BCUT2D eigenvalue weighted by atomic mass is 16.2. The van der Waals surface area contributed by atoms with Crippen molar-refractivity contribution in [3.8, 4) is 0 Å². The second kappa shape index (κ2) is 7.98. The lowest BCUT2D eigenvalue weighted by molar-refractivity contribution is -0.132. The van der Waals surface area contributed by atoms with Crippen LogP contribution in [0.25, 0.3) is 0 Å². The Hall–Kier alpha value is -1.32. The summed E-state index contributed by atoms with van der Waals surface area (Å²) in [6.07, 6.45) is 14.6. The highest BCUT2D eigenvalue weighted by Crippen LogP contribution is 2.32. The predicted octanol–water partition coefficient (Wildman–Crippen LogP) is 4.11. The van der Waals surface area contributed by atoms with Gasteiger partial charge in [-0.1, -0.05) is 39.0 Å². The molecule has 3 rings (SSSR count). The Labute approximate surface area is 140 Å². The van der Waals surface area contributed by atoms with E-state index in [1.54, 1.807) is 6.33 Å². The SMILES string of the molecule is CC(CCC(=O)N1CCC(c2cnc[nH]2)CC1)C1CCCCC1. The Morgan fingerprint density at radius 3 is 2.65 bits per heavy atom. The lowest BCUT2D eigenvalue weighted by atomic mass is 9.79. The highest BCUT2D eigenvalue weighted by Gasteiger charge is 2.26. The minimum Gasteiger partial charge on any atom is -0.348 e. The quantitative estimate of drug-likeness (QED) is 0.888. The number of carbonyl (C=O) groups is 1. The number of aromatic nitrogens is 2. The van der Waals surface area contributed by atoms with Crippen molar-refractivity contribution in [2.45, 2.75) is 70.6 Å². The van der Waals surface area contributed by atoms with E-state index in [4.69, 9.17) is 0 Å². The summed E-state index contributed by atoms with van der Waals surface area (Å²) in [5, 5.41) is 0. The topological polar surface area (TPSA) is 49.0 Å². The third-order valence-corrected chi connectivity index (χ3v) is 6.07. The molecular formula is C19H31N3O. The van der Waals surface area contributed by atoms with Gasteiger partial charge in [-0.05, 0) is 31.1 Å². The van der Waals surface area contributed by atoms with Gasteiger partial charge in [-0.3, -0.25) is 4.79 Å². The van der Waals surface area contributed by atoms with Crippen LogP contribution in [0.3, 0.4) is 0 Å². The Morgan fingerprint density at radius 2 is 2.00 bits per heavy atom. The first-order valence-electron chi connectivity index (χ1n) is 9.50. The fourth-order valence-corrected chi connectivity index (χ4v) is 4.38. The third kappa shape index (κ3) is 4.36. The van der Waals surface area contributed by atoms with Crippen LogP contribution in [-0.4, -0.2) is 33.9 Å². The maximum absolute atomic E-state index is 12.5. The Kier molecular flexibility index (Phi) is 5.74. The van der Waals surface area contributed by atoms with Gasteiger partial charge in [0, 0.05) is 37.3 Å². The first-order valence-corrected chi connectivity index (χ1v) is 9.50. The minimum atomic E-state index is 0.371. The van der Waals surface area contributed by atoms with E-state index in [2.05, 4.69) is 21.8 Å². The second-order valence-corrected chi connectivity index (χ2v) is 7.58. The summed E-state index contributed by atoms with van der Waals surface area (Å²) >= 11 is 0. The fraction of sp³-hybridized carbons (Fsp3) is 0.789. The van der Waals surface area contributed by atoms with Crippen molar-refractivity contribution < 1.29 is 4.79 Å². The summed E-state index contributed by atoms with van der Waals surface area (Å²) in [6.45, 7) is 4.16. The van der Waals surface area contributed by atoms with E-state index in [0.717, 1.165) is 44.7 Å². The summed E-state index contributed by atoms with van der Waals surface area (Å²) in [5.41, 5.74) is 1.23. The van der Waals surface area contributed by atoms with Gasteiger partial charge in [0.25, 0.3) is 0 Å². The number of H-pyrrole nitrogens is 1. The van der Waals surface area contributed by atoms with Gasteiger partial charge < -0.3 is 9.88 Å². The van der Waals surface area contributed by atoms with Crippen LogP contribution in [0.4, 0.5) is 0 Å². The van der Waals surface area contributed by atoms with Crippen LogP contribution in [0, 0.1) is 11.8 Å². The smallest absolute Gasteiger partial charge is 0.222 e. The molecule has 1 atom stereocenters. The van der Waals surface area contributed by atoms with Gasteiger partial charge in [0.15, 0.2) is 0 Å². The van der Waals surface area contributed by atoms with Crippen molar-refractivity contribution in [3.05, 3.63) is 18.2 Å². The number of rotatable bonds is 5. The van der Waals surface area contributed by atoms with Crippen molar-refractivity contribution in [2.75, 3.05) is 13.1 Å². The fourth-order valence-electron chi connectivity index (χ4n) is 4.38. The number of hydrogen-bond donors (Lipinski definition) is 1. The molecule has 1 saturated heterocycles. The molecule has 1 saturated carbocycles. The van der Waals surface area contributed by atoms with E-state index in [-0.39, 0.29) is 0 Å². The maximum Gasteiger partial charge on any atom is 0.222 e. The molecule has 1 amide bonds. The summed E-state index contributed by atoms with van der Waals surface area (Å²) < 4.78 is 0. The molecule has 2 aliphatic rings. The first kappa shape index (κ1) is 16.5. The van der Waals surface area contributed by atoms with Crippen molar-refractivity contribution in [1.29, 1.82) is 0 Å². The highest BCUT2D eigenvalue weighted by molar-refractivity contribution is 5.76. The molecule has 2 heterocycles. The molecule has 1 N–H and O–H groups in total. The Balaban J connectivity index is 1.39. The zero-order valence-electron chi connectivity index (χ0n) is 14.5. The van der Waals surface area contributed by atoms with Crippen LogP contribution in [0.1, 0.15) is 76.3 Å². The van der Waals surface area contributed by atoms with Crippen molar-refractivity contribution >= 4 is 5.91 Å². The van der Waals surface area contributed by atoms with Crippen LogP contribution in [0.2, 0.25) is 0 Å². The molecule has 23 heavy (non-hydrogen) atoms. The first-order chi connectivity index (χ1) is 11.2. The normalized spacial score (nSPS) is 22.2. The molecule has 1 aromatic heterocycles. The number of imidazole rings is 1. The van der Waals surface area contributed by atoms with Crippen LogP contribution in [-0.2, 0) is 4.79 Å². The van der Waals surface area contributed by atoms with E-state index >= 15 is 0 Å². The zero-order chi connectivity index (χ0) is 16.1. The lowest BCUT2D eigenvalue weighted by Gasteiger charge is -2.32. The molecule has 1 aliphatic heterocycles. The van der Waals surface area contributed by atoms with Crippen LogP contribution in [0.15, 0.2) is 12.5 Å². The van der Waals surface area contributed by atoms with Crippen molar-refractivity contribution in [2.24, 2.45) is 11.8 Å². The largest absolute Gasteiger partial charge is 0.348 e. The lowest BCUT2D eigenvalue weighted by Crippen LogP contribution is -2.38. The minimum absolute atomic E-state index is 0.371. The van der Waals surface area contributed by atoms with Gasteiger partial charge in [-0.15, -0.1) is 0 Å². The molecule has 0 radical (unpaired) electrons. The standard InChI is InChI=1S/C19H31N3O/c1-15(16-5-3-2-4-6-16)7-8-19(23)22-11-9-17(10-12-22)18-13-20-14-21-18/h13-17H,2-12H2,1H3,(H,20,21). The molecule has 4 heteroatoms. The average Bonchev–Trinajstić information content (AvgIpc) is 3.15. The van der Waals surface area contributed by atoms with E-state index in [1.165, 1.54) is 37.8 Å². The van der Waals surface area contributed by atoms with E-state index in [9.17, 15) is 4.79 Å². The maximum atomic E-state index is 12.5. The molecule has 0 aromatic carbocycles. The number of piperidine rings is 1. The van der Waals surface area contributed by atoms with Crippen LogP contribution >= 0.6 is 0 Å². The van der Waals surface area contributed by atoms with Crippen molar-refractivity contribution in [3.63, 3.8) is 0 Å². The van der Waals surface area contributed by atoms with Crippen LogP contribution in [0.5, 0.6) is 0 Å². The molecule has 128 valence electrons. The third-order valence-electron chi connectivity index (χ3n) is 6.07. The molecule has 2 fully saturated rings. The number of carbonyl (C=O) groups excluding carboxylic acids is 1. The van der Waals surface area contributed by atoms with E-state index in [0.29, 0.717) is 17.7 Å². The number of aromatic amines is 1. The van der Waals surface area contributed by atoms with E-state index in [1.807, 2.05) is 6.20 Å². The molecule has 0 bridgehead atoms. The molecule has 1 aliphatic carbocycles. The number of likely N-dealkylation sites (tertiary alicyclic amines) is 1. The molecule has 1 aromatic rings. The van der Waals surface area contributed by atoms with Gasteiger partial charge in [0.1, 0.15) is 0 Å². The summed E-state index contributed by atoms with van der Waals surface area (Å²) in [5.74, 6) is 2.49. The Bertz CT molecular complexity index is 471. The summed E-state index contributed by atoms with van der Waals surface area (Å²) in [7, 11) is 0. The van der Waals surface area contributed by atoms with Crippen molar-refractivity contribution in [1.82, 2.24) is 14.9 Å². The van der Waals surface area contributed by atoms with Gasteiger partial charge >= 0.3 is 0 Å². The summed E-state index contributed by atoms with van der Waals surface area (Å²) in [6, 6.07) is 0. The van der Waals surface area contributed by atoms with Crippen LogP contribution < -0.4 is 0 Å². The second-order valence-electron chi connectivity index (χ2n) is 7.58. The monoisotopic (exact) mass is 317 g/mol. The van der Waals surface area contributed by atoms with Gasteiger partial charge in [0.2, 0.25) is 5.91 Å². The average molecular weight is 317 g/mol. The molecule has 1 unspecified atom stereocenters. The Morgan fingerprint density at radius 1 is 1.26 bits per heavy atom. The molecule has 4 nitrogen and oxygen atoms in total. The molecular weight excluding hydrogens is 286 g/mol. The number of hydrogen-bond acceptors (Lipinski definition) is 2. The number of nitrogens with zero attached hydrogens (tertiary/aromatic N) is 2. The number of nitrogens with one attached hydrogen (secondary N) is 1.